The van der Waals surface area contributed by atoms with Gasteiger partial charge in [0.15, 0.2) is 0 Å². The summed E-state index contributed by atoms with van der Waals surface area (Å²) in [5.41, 5.74) is 2.33. The second-order valence-electron chi connectivity index (χ2n) is 4.57. The van der Waals surface area contributed by atoms with Gasteiger partial charge in [-0.3, -0.25) is 0 Å². The quantitative estimate of drug-likeness (QED) is 0.755. The van der Waals surface area contributed by atoms with Gasteiger partial charge in [-0.1, -0.05) is 19.9 Å². The van der Waals surface area contributed by atoms with Gasteiger partial charge in [-0.15, -0.1) is 11.6 Å². The lowest BCUT2D eigenvalue weighted by Crippen LogP contribution is -2.41. The maximum absolute atomic E-state index is 6.49. The van der Waals surface area contributed by atoms with Crippen LogP contribution in [-0.4, -0.2) is 20.3 Å². The summed E-state index contributed by atoms with van der Waals surface area (Å²) in [5.74, 6) is 1.34. The van der Waals surface area contributed by atoms with Crippen LogP contribution >= 0.6 is 11.6 Å². The molecule has 1 aliphatic heterocycles. The van der Waals surface area contributed by atoms with Gasteiger partial charge in [0.05, 0.1) is 20.3 Å². The molecule has 0 amide bonds. The molecule has 0 N–H and O–H groups in total. The van der Waals surface area contributed by atoms with E-state index in [9.17, 15) is 0 Å². The normalized spacial score (nSPS) is 18.3. The molecular weight excluding hydrogens is 224 g/mol. The highest BCUT2D eigenvalue weighted by Gasteiger charge is 2.40. The van der Waals surface area contributed by atoms with E-state index in [-0.39, 0.29) is 0 Å². The molecule has 3 heteroatoms. The molecule has 1 aliphatic rings. The molecule has 2 nitrogen and oxygen atoms in total. The summed E-state index contributed by atoms with van der Waals surface area (Å²) in [6.45, 7) is 5.46. The van der Waals surface area contributed by atoms with Crippen LogP contribution in [0.3, 0.4) is 0 Å². The summed E-state index contributed by atoms with van der Waals surface area (Å²) in [5, 5.41) is 0. The zero-order valence-corrected chi connectivity index (χ0v) is 10.7. The Kier molecular flexibility index (Phi) is 3.13. The van der Waals surface area contributed by atoms with Crippen molar-refractivity contribution in [2.24, 2.45) is 0 Å². The van der Waals surface area contributed by atoms with Gasteiger partial charge in [0.2, 0.25) is 0 Å². The Hall–Kier alpha value is -0.730. The molecule has 0 radical (unpaired) electrons. The second kappa shape index (κ2) is 4.27. The molecule has 88 valence electrons. The summed E-state index contributed by atoms with van der Waals surface area (Å²) in [6, 6.07) is 6.22. The lowest BCUT2D eigenvalue weighted by molar-refractivity contribution is -0.0161. The van der Waals surface area contributed by atoms with Crippen molar-refractivity contribution in [3.05, 3.63) is 29.3 Å². The summed E-state index contributed by atoms with van der Waals surface area (Å²) in [6.07, 6.45) is 0. The topological polar surface area (TPSA) is 18.5 Å². The first-order chi connectivity index (χ1) is 7.57. The lowest BCUT2D eigenvalue weighted by Gasteiger charge is -2.37. The molecule has 1 fully saturated rings. The largest absolute Gasteiger partial charge is 0.496 e. The van der Waals surface area contributed by atoms with Crippen LogP contribution in [0, 0.1) is 0 Å². The average Bonchev–Trinajstić information content (AvgIpc) is 2.25. The van der Waals surface area contributed by atoms with E-state index in [0.29, 0.717) is 19.1 Å². The number of rotatable bonds is 3. The molecular formula is C13H17ClO2. The second-order valence-corrected chi connectivity index (χ2v) is 5.30. The number of ether oxygens (including phenoxy) is 2. The highest BCUT2D eigenvalue weighted by molar-refractivity contribution is 6.25. The first kappa shape index (κ1) is 11.7. The fraction of sp³-hybridized carbons (Fsp3) is 0.538. The third kappa shape index (κ3) is 1.92. The monoisotopic (exact) mass is 240 g/mol. The number of methoxy groups -OCH3 is 1. The molecule has 1 heterocycles. The molecule has 16 heavy (non-hydrogen) atoms. The van der Waals surface area contributed by atoms with Gasteiger partial charge in [-0.2, -0.15) is 0 Å². The predicted molar refractivity (Wildman–Crippen MR) is 65.4 cm³/mol. The predicted octanol–water partition coefficient (Wildman–Crippen LogP) is 3.28. The third-order valence-corrected chi connectivity index (χ3v) is 3.46. The fourth-order valence-corrected chi connectivity index (χ4v) is 2.17. The Morgan fingerprint density at radius 1 is 1.38 bits per heavy atom. The van der Waals surface area contributed by atoms with E-state index in [1.807, 2.05) is 6.07 Å². The molecule has 1 saturated heterocycles. The van der Waals surface area contributed by atoms with Gasteiger partial charge < -0.3 is 9.47 Å². The van der Waals surface area contributed by atoms with Gasteiger partial charge in [0.1, 0.15) is 10.6 Å². The van der Waals surface area contributed by atoms with E-state index >= 15 is 0 Å². The maximum Gasteiger partial charge on any atom is 0.124 e. The standard InChI is InChI=1S/C13H17ClO2/c1-9(2)10-4-5-12(15-3)11(6-10)13(14)7-16-8-13/h4-6,9H,7-8H2,1-3H3. The Morgan fingerprint density at radius 2 is 2.06 bits per heavy atom. The molecule has 0 bridgehead atoms. The van der Waals surface area contributed by atoms with Gasteiger partial charge in [-0.05, 0) is 23.6 Å². The van der Waals surface area contributed by atoms with E-state index in [0.717, 1.165) is 11.3 Å². The average molecular weight is 241 g/mol. The molecule has 1 aromatic carbocycles. The van der Waals surface area contributed by atoms with Crippen LogP contribution < -0.4 is 4.74 Å². The minimum absolute atomic E-state index is 0.393. The Morgan fingerprint density at radius 3 is 2.50 bits per heavy atom. The van der Waals surface area contributed by atoms with Crippen molar-refractivity contribution in [1.29, 1.82) is 0 Å². The Labute approximate surface area is 102 Å². The van der Waals surface area contributed by atoms with Crippen LogP contribution in [0.4, 0.5) is 0 Å². The minimum atomic E-state index is -0.393. The molecule has 0 atom stereocenters. The van der Waals surface area contributed by atoms with Crippen molar-refractivity contribution in [1.82, 2.24) is 0 Å². The number of hydrogen-bond acceptors (Lipinski definition) is 2. The van der Waals surface area contributed by atoms with E-state index in [2.05, 4.69) is 26.0 Å². The molecule has 0 unspecified atom stereocenters. The van der Waals surface area contributed by atoms with E-state index in [4.69, 9.17) is 21.1 Å². The highest BCUT2D eigenvalue weighted by atomic mass is 35.5. The van der Waals surface area contributed by atoms with Crippen LogP contribution in [0.25, 0.3) is 0 Å². The SMILES string of the molecule is COc1ccc(C(C)C)cc1C1(Cl)COC1. The highest BCUT2D eigenvalue weighted by Crippen LogP contribution is 2.42. The van der Waals surface area contributed by atoms with Crippen LogP contribution in [-0.2, 0) is 9.61 Å². The van der Waals surface area contributed by atoms with E-state index in [1.54, 1.807) is 7.11 Å². The van der Waals surface area contributed by atoms with E-state index < -0.39 is 4.87 Å². The van der Waals surface area contributed by atoms with Crippen molar-refractivity contribution in [2.45, 2.75) is 24.6 Å². The summed E-state index contributed by atoms with van der Waals surface area (Å²) < 4.78 is 10.6. The van der Waals surface area contributed by atoms with Crippen molar-refractivity contribution < 1.29 is 9.47 Å². The van der Waals surface area contributed by atoms with Crippen molar-refractivity contribution in [2.75, 3.05) is 20.3 Å². The van der Waals surface area contributed by atoms with Crippen LogP contribution in [0.15, 0.2) is 18.2 Å². The van der Waals surface area contributed by atoms with Crippen LogP contribution in [0.2, 0.25) is 0 Å². The molecule has 0 aliphatic carbocycles. The van der Waals surface area contributed by atoms with Crippen LogP contribution in [0.5, 0.6) is 5.75 Å². The number of hydrogen-bond donors (Lipinski definition) is 0. The van der Waals surface area contributed by atoms with E-state index in [1.165, 1.54) is 5.56 Å². The zero-order valence-electron chi connectivity index (χ0n) is 9.92. The lowest BCUT2D eigenvalue weighted by atomic mass is 9.91. The van der Waals surface area contributed by atoms with Crippen molar-refractivity contribution in [3.8, 4) is 5.75 Å². The summed E-state index contributed by atoms with van der Waals surface area (Å²) >= 11 is 6.49. The molecule has 2 rings (SSSR count). The third-order valence-electron chi connectivity index (χ3n) is 3.03. The van der Waals surface area contributed by atoms with Gasteiger partial charge in [0, 0.05) is 5.56 Å². The Balaban J connectivity index is 2.43. The molecule has 1 aromatic rings. The first-order valence-corrected chi connectivity index (χ1v) is 5.90. The smallest absolute Gasteiger partial charge is 0.124 e. The minimum Gasteiger partial charge on any atom is -0.496 e. The first-order valence-electron chi connectivity index (χ1n) is 5.52. The van der Waals surface area contributed by atoms with Gasteiger partial charge in [-0.25, -0.2) is 0 Å². The Bertz CT molecular complexity index is 384. The van der Waals surface area contributed by atoms with Crippen molar-refractivity contribution in [3.63, 3.8) is 0 Å². The molecule has 0 aromatic heterocycles. The number of alkyl halides is 1. The molecule has 0 spiro atoms. The number of halogens is 1. The maximum atomic E-state index is 6.49. The van der Waals surface area contributed by atoms with Gasteiger partial charge in [0.25, 0.3) is 0 Å². The molecule has 0 saturated carbocycles. The van der Waals surface area contributed by atoms with Gasteiger partial charge >= 0.3 is 0 Å². The summed E-state index contributed by atoms with van der Waals surface area (Å²) in [4.78, 5) is -0.393. The summed E-state index contributed by atoms with van der Waals surface area (Å²) in [7, 11) is 1.67. The van der Waals surface area contributed by atoms with Crippen LogP contribution in [0.1, 0.15) is 30.9 Å². The number of benzene rings is 1. The zero-order chi connectivity index (χ0) is 11.8. The van der Waals surface area contributed by atoms with Crippen molar-refractivity contribution >= 4 is 11.6 Å². The fourth-order valence-electron chi connectivity index (χ4n) is 1.87.